The van der Waals surface area contributed by atoms with Crippen molar-refractivity contribution < 1.29 is 14.0 Å². The SMILES string of the molecule is O=C(Nc1cccc(F)c1)[C@H]1CC12CCN(C(=O)Cc1ccc(-c3ccccc3)cc1)CC2. The number of hydrogen-bond acceptors (Lipinski definition) is 2. The van der Waals surface area contributed by atoms with E-state index in [0.29, 0.717) is 25.2 Å². The van der Waals surface area contributed by atoms with E-state index in [9.17, 15) is 14.0 Å². The molecule has 5 heteroatoms. The molecule has 3 aromatic carbocycles. The number of nitrogens with zero attached hydrogens (tertiary/aromatic N) is 1. The van der Waals surface area contributed by atoms with Gasteiger partial charge in [-0.2, -0.15) is 0 Å². The quantitative estimate of drug-likeness (QED) is 0.583. The van der Waals surface area contributed by atoms with Crippen LogP contribution in [0.1, 0.15) is 24.8 Å². The minimum Gasteiger partial charge on any atom is -0.342 e. The molecule has 2 amide bonds. The normalized spacial score (nSPS) is 18.7. The first-order chi connectivity index (χ1) is 16.0. The van der Waals surface area contributed by atoms with Gasteiger partial charge >= 0.3 is 0 Å². The first-order valence-corrected chi connectivity index (χ1v) is 11.5. The van der Waals surface area contributed by atoms with Gasteiger partial charge in [0.1, 0.15) is 5.82 Å². The second-order valence-electron chi connectivity index (χ2n) is 9.24. The van der Waals surface area contributed by atoms with Crippen molar-refractivity contribution >= 4 is 17.5 Å². The molecule has 1 saturated heterocycles. The average Bonchev–Trinajstić information content (AvgIpc) is 3.54. The van der Waals surface area contributed by atoms with E-state index in [4.69, 9.17) is 0 Å². The second kappa shape index (κ2) is 8.81. The molecule has 5 rings (SSSR count). The van der Waals surface area contributed by atoms with E-state index < -0.39 is 0 Å². The lowest BCUT2D eigenvalue weighted by molar-refractivity contribution is -0.132. The van der Waals surface area contributed by atoms with Crippen LogP contribution < -0.4 is 5.32 Å². The Labute approximate surface area is 193 Å². The smallest absolute Gasteiger partial charge is 0.228 e. The van der Waals surface area contributed by atoms with Crippen LogP contribution in [0.3, 0.4) is 0 Å². The molecule has 2 aliphatic rings. The van der Waals surface area contributed by atoms with Crippen LogP contribution in [0.5, 0.6) is 0 Å². The van der Waals surface area contributed by atoms with Gasteiger partial charge in [0.05, 0.1) is 6.42 Å². The molecule has 33 heavy (non-hydrogen) atoms. The van der Waals surface area contributed by atoms with Crippen LogP contribution in [-0.2, 0) is 16.0 Å². The standard InChI is InChI=1S/C28H27FN2O2/c29-23-7-4-8-24(18-23)30-27(33)25-19-28(25)13-15-31(16-14-28)26(32)17-20-9-11-22(12-10-20)21-5-2-1-3-6-21/h1-12,18,25H,13-17,19H2,(H,30,33)/t25-/m1/s1. The van der Waals surface area contributed by atoms with E-state index in [-0.39, 0.29) is 29.0 Å². The van der Waals surface area contributed by atoms with E-state index in [2.05, 4.69) is 29.6 Å². The Morgan fingerprint density at radius 1 is 0.909 bits per heavy atom. The van der Waals surface area contributed by atoms with Gasteiger partial charge in [0.2, 0.25) is 11.8 Å². The van der Waals surface area contributed by atoms with Crippen LogP contribution in [-0.4, -0.2) is 29.8 Å². The summed E-state index contributed by atoms with van der Waals surface area (Å²) in [5, 5.41) is 2.84. The highest BCUT2D eigenvalue weighted by Crippen LogP contribution is 2.59. The largest absolute Gasteiger partial charge is 0.342 e. The molecule has 4 nitrogen and oxygen atoms in total. The number of benzene rings is 3. The molecule has 0 aromatic heterocycles. The van der Waals surface area contributed by atoms with Crippen molar-refractivity contribution in [2.24, 2.45) is 11.3 Å². The molecular weight excluding hydrogens is 415 g/mol. The summed E-state index contributed by atoms with van der Waals surface area (Å²) < 4.78 is 13.4. The summed E-state index contributed by atoms with van der Waals surface area (Å²) in [4.78, 5) is 27.4. The number of likely N-dealkylation sites (tertiary alicyclic amines) is 1. The highest BCUT2D eigenvalue weighted by atomic mass is 19.1. The number of anilines is 1. The summed E-state index contributed by atoms with van der Waals surface area (Å²) in [5.41, 5.74) is 3.80. The van der Waals surface area contributed by atoms with Crippen LogP contribution >= 0.6 is 0 Å². The Hall–Kier alpha value is -3.47. The van der Waals surface area contributed by atoms with Crippen LogP contribution in [0.2, 0.25) is 0 Å². The Balaban J connectivity index is 1.12. The van der Waals surface area contributed by atoms with E-state index in [1.807, 2.05) is 35.2 Å². The minimum atomic E-state index is -0.361. The third kappa shape index (κ3) is 4.68. The molecule has 1 saturated carbocycles. The van der Waals surface area contributed by atoms with Crippen molar-refractivity contribution in [1.82, 2.24) is 4.90 Å². The van der Waals surface area contributed by atoms with E-state index >= 15 is 0 Å². The number of piperidine rings is 1. The monoisotopic (exact) mass is 442 g/mol. The van der Waals surface area contributed by atoms with Gasteiger partial charge in [-0.05, 0) is 59.6 Å². The molecule has 168 valence electrons. The summed E-state index contributed by atoms with van der Waals surface area (Å²) in [7, 11) is 0. The highest BCUT2D eigenvalue weighted by Gasteiger charge is 2.58. The zero-order valence-electron chi connectivity index (χ0n) is 18.5. The molecule has 1 aliphatic carbocycles. The molecule has 1 N–H and O–H groups in total. The molecule has 0 unspecified atom stereocenters. The fourth-order valence-electron chi connectivity index (χ4n) is 5.00. The summed E-state index contributed by atoms with van der Waals surface area (Å²) >= 11 is 0. The van der Waals surface area contributed by atoms with E-state index in [1.165, 1.54) is 12.1 Å². The number of carbonyl (C=O) groups is 2. The number of rotatable bonds is 5. The maximum Gasteiger partial charge on any atom is 0.228 e. The Bertz CT molecular complexity index is 1150. The Morgan fingerprint density at radius 2 is 1.61 bits per heavy atom. The van der Waals surface area contributed by atoms with Gasteiger partial charge < -0.3 is 10.2 Å². The predicted octanol–water partition coefficient (Wildman–Crippen LogP) is 5.30. The lowest BCUT2D eigenvalue weighted by Gasteiger charge is -2.33. The van der Waals surface area contributed by atoms with Crippen molar-refractivity contribution in [3.8, 4) is 11.1 Å². The molecule has 0 bridgehead atoms. The van der Waals surface area contributed by atoms with Gasteiger partial charge in [-0.3, -0.25) is 9.59 Å². The van der Waals surface area contributed by atoms with Crippen molar-refractivity contribution in [1.29, 1.82) is 0 Å². The third-order valence-corrected chi connectivity index (χ3v) is 7.13. The Kier molecular flexibility index (Phi) is 5.71. The zero-order chi connectivity index (χ0) is 22.8. The minimum absolute atomic E-state index is 0.00841. The van der Waals surface area contributed by atoms with Crippen LogP contribution in [0.4, 0.5) is 10.1 Å². The second-order valence-corrected chi connectivity index (χ2v) is 9.24. The van der Waals surface area contributed by atoms with Gasteiger partial charge in [0.15, 0.2) is 0 Å². The van der Waals surface area contributed by atoms with Crippen molar-refractivity contribution in [3.05, 3.63) is 90.2 Å². The maximum absolute atomic E-state index is 13.4. The lowest BCUT2D eigenvalue weighted by atomic mass is 9.90. The van der Waals surface area contributed by atoms with E-state index in [1.54, 1.807) is 12.1 Å². The number of amides is 2. The number of carbonyl (C=O) groups excluding carboxylic acids is 2. The van der Waals surface area contributed by atoms with Gasteiger partial charge in [0.25, 0.3) is 0 Å². The zero-order valence-corrected chi connectivity index (χ0v) is 18.5. The van der Waals surface area contributed by atoms with Gasteiger partial charge in [-0.15, -0.1) is 0 Å². The number of hydrogen-bond donors (Lipinski definition) is 1. The first kappa shape index (κ1) is 21.4. The summed E-state index contributed by atoms with van der Waals surface area (Å²) in [6.45, 7) is 1.37. The van der Waals surface area contributed by atoms with Gasteiger partial charge in [-0.25, -0.2) is 4.39 Å². The third-order valence-electron chi connectivity index (χ3n) is 7.13. The highest BCUT2D eigenvalue weighted by molar-refractivity contribution is 5.95. The molecule has 2 fully saturated rings. The van der Waals surface area contributed by atoms with E-state index in [0.717, 1.165) is 36.0 Å². The molecule has 1 aliphatic heterocycles. The molecule has 1 spiro atoms. The van der Waals surface area contributed by atoms with Crippen LogP contribution in [0.15, 0.2) is 78.9 Å². The van der Waals surface area contributed by atoms with Crippen LogP contribution in [0, 0.1) is 17.2 Å². The molecule has 3 aromatic rings. The number of nitrogens with one attached hydrogen (secondary N) is 1. The molecule has 1 heterocycles. The van der Waals surface area contributed by atoms with Gasteiger partial charge in [0, 0.05) is 24.7 Å². The Morgan fingerprint density at radius 3 is 2.30 bits per heavy atom. The molecular formula is C28H27FN2O2. The first-order valence-electron chi connectivity index (χ1n) is 11.5. The topological polar surface area (TPSA) is 49.4 Å². The lowest BCUT2D eigenvalue weighted by Crippen LogP contribution is -2.41. The molecule has 1 atom stereocenters. The fourth-order valence-corrected chi connectivity index (χ4v) is 5.00. The van der Waals surface area contributed by atoms with Gasteiger partial charge in [-0.1, -0.05) is 60.7 Å². The average molecular weight is 443 g/mol. The summed E-state index contributed by atoms with van der Waals surface area (Å²) in [6, 6.07) is 24.4. The van der Waals surface area contributed by atoms with Crippen molar-refractivity contribution in [2.45, 2.75) is 25.7 Å². The molecule has 0 radical (unpaired) electrons. The number of halogens is 1. The maximum atomic E-state index is 13.4. The van der Waals surface area contributed by atoms with Crippen LogP contribution in [0.25, 0.3) is 11.1 Å². The summed E-state index contributed by atoms with van der Waals surface area (Å²) in [6.07, 6.45) is 2.92. The van der Waals surface area contributed by atoms with Crippen molar-refractivity contribution in [2.75, 3.05) is 18.4 Å². The predicted molar refractivity (Wildman–Crippen MR) is 127 cm³/mol. The summed E-state index contributed by atoms with van der Waals surface area (Å²) in [5.74, 6) is -0.319. The van der Waals surface area contributed by atoms with Crippen molar-refractivity contribution in [3.63, 3.8) is 0 Å². The fraction of sp³-hybridized carbons (Fsp3) is 0.286.